The molecule has 1 aliphatic heterocycles. The van der Waals surface area contributed by atoms with E-state index in [1.807, 2.05) is 0 Å². The molecule has 0 fully saturated rings. The minimum absolute atomic E-state index is 0.0282. The summed E-state index contributed by atoms with van der Waals surface area (Å²) in [6.45, 7) is 0. The second-order valence-electron chi connectivity index (χ2n) is 6.00. The zero-order valence-electron chi connectivity index (χ0n) is 13.1. The molecule has 2 aromatic carbocycles. The Balaban J connectivity index is 1.81. The predicted octanol–water partition coefficient (Wildman–Crippen LogP) is 3.89. The molecule has 0 amide bonds. The molecular formula is C18H9ClN2O4S. The minimum atomic E-state index is -0.515. The largest absolute Gasteiger partial charge is 0.464 e. The molecule has 1 atom stereocenters. The van der Waals surface area contributed by atoms with E-state index in [9.17, 15) is 9.59 Å². The number of fused-ring (bicyclic) bond motifs is 4. The molecule has 26 heavy (non-hydrogen) atoms. The smallest absolute Gasteiger partial charge is 0.312 e. The van der Waals surface area contributed by atoms with E-state index in [1.54, 1.807) is 30.3 Å². The van der Waals surface area contributed by atoms with E-state index >= 15 is 0 Å². The van der Waals surface area contributed by atoms with Crippen molar-refractivity contribution in [2.24, 2.45) is 0 Å². The van der Waals surface area contributed by atoms with Gasteiger partial charge in [-0.05, 0) is 30.3 Å². The summed E-state index contributed by atoms with van der Waals surface area (Å²) in [5.41, 5.74) is 2.61. The van der Waals surface area contributed by atoms with E-state index in [1.165, 1.54) is 6.26 Å². The standard InChI is InChI=1S/C18H9ClN2O4S/c19-8-1-3-13-10(5-8)18(23)11(7-24-13)9-6-15(22)25-14-4-2-12-17(16(9)14)21-26-20-12/h1-5,7,9H,6H2/t9-/m0/s1. The third kappa shape index (κ3) is 2.24. The zero-order valence-corrected chi connectivity index (χ0v) is 14.6. The molecule has 4 aromatic rings. The van der Waals surface area contributed by atoms with E-state index in [0.29, 0.717) is 43.9 Å². The average molecular weight is 385 g/mol. The lowest BCUT2D eigenvalue weighted by Crippen LogP contribution is -2.25. The molecule has 0 radical (unpaired) electrons. The summed E-state index contributed by atoms with van der Waals surface area (Å²) in [5.74, 6) is -0.522. The van der Waals surface area contributed by atoms with Crippen LogP contribution >= 0.6 is 23.3 Å². The summed E-state index contributed by atoms with van der Waals surface area (Å²) >= 11 is 7.10. The molecule has 0 unspecified atom stereocenters. The molecule has 128 valence electrons. The van der Waals surface area contributed by atoms with Gasteiger partial charge in [0.15, 0.2) is 5.43 Å². The lowest BCUT2D eigenvalue weighted by Gasteiger charge is -2.24. The molecule has 0 saturated carbocycles. The van der Waals surface area contributed by atoms with Gasteiger partial charge >= 0.3 is 5.97 Å². The lowest BCUT2D eigenvalue weighted by atomic mass is 9.86. The van der Waals surface area contributed by atoms with Crippen LogP contribution in [0.25, 0.3) is 22.0 Å². The Labute approximate surface area is 155 Å². The lowest BCUT2D eigenvalue weighted by molar-refractivity contribution is -0.135. The third-order valence-corrected chi connectivity index (χ3v) is 5.28. The molecule has 0 aliphatic carbocycles. The molecule has 8 heteroatoms. The Kier molecular flexibility index (Phi) is 3.35. The summed E-state index contributed by atoms with van der Waals surface area (Å²) in [7, 11) is 0. The van der Waals surface area contributed by atoms with Gasteiger partial charge < -0.3 is 9.15 Å². The summed E-state index contributed by atoms with van der Waals surface area (Å²) in [5, 5.41) is 0.815. The summed E-state index contributed by atoms with van der Waals surface area (Å²) in [6.07, 6.45) is 1.44. The van der Waals surface area contributed by atoms with E-state index < -0.39 is 11.9 Å². The Morgan fingerprint density at radius 2 is 2.04 bits per heavy atom. The van der Waals surface area contributed by atoms with Crippen LogP contribution in [-0.2, 0) is 4.79 Å². The number of benzene rings is 2. The number of carbonyl (C=O) groups is 1. The highest BCUT2D eigenvalue weighted by molar-refractivity contribution is 7.00. The molecule has 3 heterocycles. The van der Waals surface area contributed by atoms with Gasteiger partial charge in [-0.3, -0.25) is 9.59 Å². The second kappa shape index (κ2) is 5.62. The van der Waals surface area contributed by atoms with Crippen molar-refractivity contribution >= 4 is 51.3 Å². The first-order valence-electron chi connectivity index (χ1n) is 7.78. The highest BCUT2D eigenvalue weighted by Gasteiger charge is 2.33. The quantitative estimate of drug-likeness (QED) is 0.365. The fourth-order valence-electron chi connectivity index (χ4n) is 3.34. The second-order valence-corrected chi connectivity index (χ2v) is 6.97. The molecule has 6 nitrogen and oxygen atoms in total. The maximum absolute atomic E-state index is 13.1. The van der Waals surface area contributed by atoms with Crippen LogP contribution in [0, 0.1) is 0 Å². The van der Waals surface area contributed by atoms with E-state index in [2.05, 4.69) is 8.75 Å². The topological polar surface area (TPSA) is 82.3 Å². The highest BCUT2D eigenvalue weighted by Crippen LogP contribution is 2.41. The third-order valence-electron chi connectivity index (χ3n) is 4.51. The number of carbonyl (C=O) groups excluding carboxylic acids is 1. The number of hydrogen-bond donors (Lipinski definition) is 0. The Hall–Kier alpha value is -2.77. The number of halogens is 1. The first kappa shape index (κ1) is 15.5. The van der Waals surface area contributed by atoms with Gasteiger partial charge in [-0.15, -0.1) is 0 Å². The fourth-order valence-corrected chi connectivity index (χ4v) is 4.06. The van der Waals surface area contributed by atoms with Crippen molar-refractivity contribution in [2.45, 2.75) is 12.3 Å². The first-order chi connectivity index (χ1) is 12.6. The van der Waals surface area contributed by atoms with Gasteiger partial charge in [0.2, 0.25) is 0 Å². The molecule has 0 saturated heterocycles. The number of esters is 1. The van der Waals surface area contributed by atoms with Crippen LogP contribution in [0.15, 0.2) is 45.8 Å². The van der Waals surface area contributed by atoms with Gasteiger partial charge in [0.25, 0.3) is 0 Å². The molecule has 5 rings (SSSR count). The van der Waals surface area contributed by atoms with Crippen molar-refractivity contribution in [3.8, 4) is 5.75 Å². The van der Waals surface area contributed by atoms with Crippen molar-refractivity contribution in [1.82, 2.24) is 8.75 Å². The Bertz CT molecular complexity index is 1260. The fraction of sp³-hybridized carbons (Fsp3) is 0.111. The summed E-state index contributed by atoms with van der Waals surface area (Å²) < 4.78 is 19.5. The molecule has 2 aromatic heterocycles. The number of ether oxygens (including phenoxy) is 1. The number of aromatic nitrogens is 2. The normalized spacial score (nSPS) is 16.7. The number of rotatable bonds is 1. The SMILES string of the molecule is O=C1C[C@@H](c2coc3ccc(Cl)cc3c2=O)c2c(ccc3nsnc23)O1. The summed E-state index contributed by atoms with van der Waals surface area (Å²) in [4.78, 5) is 25.2. The van der Waals surface area contributed by atoms with Crippen LogP contribution < -0.4 is 10.2 Å². The van der Waals surface area contributed by atoms with Crippen LogP contribution in [0.2, 0.25) is 5.02 Å². The zero-order chi connectivity index (χ0) is 17.8. The maximum Gasteiger partial charge on any atom is 0.312 e. The van der Waals surface area contributed by atoms with Gasteiger partial charge in [-0.25, -0.2) is 0 Å². The molecule has 0 spiro atoms. The van der Waals surface area contributed by atoms with E-state index in [-0.39, 0.29) is 11.8 Å². The Morgan fingerprint density at radius 3 is 2.92 bits per heavy atom. The van der Waals surface area contributed by atoms with Gasteiger partial charge in [-0.1, -0.05) is 11.6 Å². The monoisotopic (exact) mass is 384 g/mol. The van der Waals surface area contributed by atoms with Crippen LogP contribution in [0.3, 0.4) is 0 Å². The van der Waals surface area contributed by atoms with Gasteiger partial charge in [0, 0.05) is 22.1 Å². The van der Waals surface area contributed by atoms with Crippen molar-refractivity contribution in [2.75, 3.05) is 0 Å². The summed E-state index contributed by atoms with van der Waals surface area (Å²) in [6, 6.07) is 8.30. The van der Waals surface area contributed by atoms with Crippen molar-refractivity contribution < 1.29 is 13.9 Å². The predicted molar refractivity (Wildman–Crippen MR) is 97.0 cm³/mol. The number of nitrogens with zero attached hydrogens (tertiary/aromatic N) is 2. The van der Waals surface area contributed by atoms with Gasteiger partial charge in [0.05, 0.1) is 29.8 Å². The van der Waals surface area contributed by atoms with Crippen LogP contribution in [0.1, 0.15) is 23.5 Å². The van der Waals surface area contributed by atoms with E-state index in [0.717, 1.165) is 11.7 Å². The van der Waals surface area contributed by atoms with Crippen LogP contribution in [-0.4, -0.2) is 14.7 Å². The van der Waals surface area contributed by atoms with E-state index in [4.69, 9.17) is 20.8 Å². The first-order valence-corrected chi connectivity index (χ1v) is 8.89. The molecule has 0 bridgehead atoms. The molecular weight excluding hydrogens is 376 g/mol. The van der Waals surface area contributed by atoms with Crippen molar-refractivity contribution in [3.63, 3.8) is 0 Å². The maximum atomic E-state index is 13.1. The van der Waals surface area contributed by atoms with Gasteiger partial charge in [-0.2, -0.15) is 8.75 Å². The van der Waals surface area contributed by atoms with Crippen LogP contribution in [0.4, 0.5) is 0 Å². The number of hydrogen-bond acceptors (Lipinski definition) is 7. The van der Waals surface area contributed by atoms with Gasteiger partial charge in [0.1, 0.15) is 22.4 Å². The van der Waals surface area contributed by atoms with Crippen molar-refractivity contribution in [1.29, 1.82) is 0 Å². The van der Waals surface area contributed by atoms with Crippen molar-refractivity contribution in [3.05, 3.63) is 63.0 Å². The molecule has 0 N–H and O–H groups in total. The minimum Gasteiger partial charge on any atom is -0.464 e. The molecule has 1 aliphatic rings. The highest BCUT2D eigenvalue weighted by atomic mass is 35.5. The average Bonchev–Trinajstić information content (AvgIpc) is 3.10. The van der Waals surface area contributed by atoms with Crippen LogP contribution in [0.5, 0.6) is 5.75 Å². The Morgan fingerprint density at radius 1 is 1.15 bits per heavy atom.